The molecule has 2 aromatic rings. The summed E-state index contributed by atoms with van der Waals surface area (Å²) in [5.41, 5.74) is 0. The number of hydrogen-bond acceptors (Lipinski definition) is 7. The van der Waals surface area contributed by atoms with E-state index >= 15 is 0 Å². The Morgan fingerprint density at radius 3 is 2.74 bits per heavy atom. The number of carboxylic acids is 1. The van der Waals surface area contributed by atoms with Gasteiger partial charge >= 0.3 is 5.97 Å². The van der Waals surface area contributed by atoms with Gasteiger partial charge in [0.05, 0.1) is 6.54 Å². The van der Waals surface area contributed by atoms with E-state index in [1.165, 1.54) is 24.6 Å². The van der Waals surface area contributed by atoms with E-state index in [-0.39, 0.29) is 15.6 Å². The molecule has 0 aliphatic carbocycles. The summed E-state index contributed by atoms with van der Waals surface area (Å²) in [5.74, 6) is -1.31. The first-order valence-electron chi connectivity index (χ1n) is 6.22. The summed E-state index contributed by atoms with van der Waals surface area (Å²) in [4.78, 5) is 22.3. The van der Waals surface area contributed by atoms with Crippen LogP contribution in [0, 0.1) is 6.92 Å². The minimum absolute atomic E-state index is 0.167. The molecule has 11 heteroatoms. The highest BCUT2D eigenvalue weighted by Crippen LogP contribution is 2.24. The van der Waals surface area contributed by atoms with E-state index < -0.39 is 28.4 Å². The van der Waals surface area contributed by atoms with Gasteiger partial charge in [0, 0.05) is 13.1 Å². The Bertz CT molecular complexity index is 839. The summed E-state index contributed by atoms with van der Waals surface area (Å²) < 4.78 is 30.3. The molecule has 2 N–H and O–H groups in total. The average Bonchev–Trinajstić information content (AvgIpc) is 3.07. The molecule has 0 fully saturated rings. The van der Waals surface area contributed by atoms with Gasteiger partial charge in [-0.2, -0.15) is 4.31 Å². The van der Waals surface area contributed by atoms with Crippen LogP contribution < -0.4 is 5.32 Å². The van der Waals surface area contributed by atoms with Crippen LogP contribution in [-0.2, 0) is 14.8 Å². The van der Waals surface area contributed by atoms with Gasteiger partial charge in [-0.3, -0.25) is 4.79 Å². The number of likely N-dealkylation sites (N-methyl/N-ethyl adjacent to an activating group) is 1. The lowest BCUT2D eigenvalue weighted by Crippen LogP contribution is -2.35. The van der Waals surface area contributed by atoms with E-state index in [9.17, 15) is 18.0 Å². The Labute approximate surface area is 135 Å². The van der Waals surface area contributed by atoms with Crippen molar-refractivity contribution in [1.29, 1.82) is 0 Å². The number of thiophene rings is 1. The quantitative estimate of drug-likeness (QED) is 0.787. The van der Waals surface area contributed by atoms with Gasteiger partial charge in [-0.15, -0.1) is 11.3 Å². The fraction of sp³-hybridized carbons (Fsp3) is 0.250. The maximum atomic E-state index is 12.4. The van der Waals surface area contributed by atoms with Crippen molar-refractivity contribution < 1.29 is 27.6 Å². The zero-order chi connectivity index (χ0) is 17.2. The number of aromatic carboxylic acids is 1. The lowest BCUT2D eigenvalue weighted by atomic mass is 10.5. The van der Waals surface area contributed by atoms with Crippen LogP contribution >= 0.6 is 11.3 Å². The van der Waals surface area contributed by atoms with Gasteiger partial charge in [0.2, 0.25) is 15.9 Å². The minimum atomic E-state index is -4.10. The number of amides is 1. The monoisotopic (exact) mass is 359 g/mol. The summed E-state index contributed by atoms with van der Waals surface area (Å²) in [6, 6.07) is 2.67. The molecule has 2 rings (SSSR count). The molecule has 124 valence electrons. The molecule has 23 heavy (non-hydrogen) atoms. The standard InChI is InChI=1S/C12H13N3O6S2/c1-7-5-9(14-21-7)13-10(16)6-15(2)23(19,20)8-3-4-22-11(8)12(17)18/h3-5H,6H2,1-2H3,(H,17,18)(H,13,14,16). The molecule has 0 saturated heterocycles. The number of rotatable bonds is 6. The molecule has 0 unspecified atom stereocenters. The highest BCUT2D eigenvalue weighted by molar-refractivity contribution is 7.89. The van der Waals surface area contributed by atoms with Crippen molar-refractivity contribution in [2.45, 2.75) is 11.8 Å². The number of carbonyl (C=O) groups excluding carboxylic acids is 1. The van der Waals surface area contributed by atoms with Crippen molar-refractivity contribution >= 4 is 39.1 Å². The van der Waals surface area contributed by atoms with Gasteiger partial charge in [0.15, 0.2) is 5.82 Å². The Morgan fingerprint density at radius 2 is 2.17 bits per heavy atom. The van der Waals surface area contributed by atoms with E-state index in [1.807, 2.05) is 0 Å². The van der Waals surface area contributed by atoms with Gasteiger partial charge in [-0.25, -0.2) is 13.2 Å². The van der Waals surface area contributed by atoms with Crippen LogP contribution in [0.3, 0.4) is 0 Å². The minimum Gasteiger partial charge on any atom is -0.477 e. The predicted octanol–water partition coefficient (Wildman–Crippen LogP) is 1.00. The van der Waals surface area contributed by atoms with Gasteiger partial charge < -0.3 is 14.9 Å². The first-order valence-corrected chi connectivity index (χ1v) is 8.54. The fourth-order valence-corrected chi connectivity index (χ4v) is 4.08. The number of anilines is 1. The average molecular weight is 359 g/mol. The molecule has 0 aliphatic rings. The molecule has 0 aromatic carbocycles. The lowest BCUT2D eigenvalue weighted by molar-refractivity contribution is -0.116. The van der Waals surface area contributed by atoms with Crippen molar-refractivity contribution in [2.24, 2.45) is 0 Å². The number of carbonyl (C=O) groups is 2. The molecule has 2 heterocycles. The molecule has 9 nitrogen and oxygen atoms in total. The van der Waals surface area contributed by atoms with Crippen LogP contribution in [0.4, 0.5) is 5.82 Å². The van der Waals surface area contributed by atoms with Crippen LogP contribution in [0.5, 0.6) is 0 Å². The molecule has 0 spiro atoms. The molecule has 0 bridgehead atoms. The second kappa shape index (κ2) is 6.48. The van der Waals surface area contributed by atoms with Crippen LogP contribution in [0.2, 0.25) is 0 Å². The number of aryl methyl sites for hydroxylation is 1. The Balaban J connectivity index is 2.12. The zero-order valence-electron chi connectivity index (χ0n) is 12.1. The molecule has 0 aliphatic heterocycles. The highest BCUT2D eigenvalue weighted by atomic mass is 32.2. The van der Waals surface area contributed by atoms with Crippen LogP contribution in [0.25, 0.3) is 0 Å². The Kier molecular flexibility index (Phi) is 4.82. The highest BCUT2D eigenvalue weighted by Gasteiger charge is 2.29. The first kappa shape index (κ1) is 17.1. The Hall–Kier alpha value is -2.24. The molecule has 0 radical (unpaired) electrons. The van der Waals surface area contributed by atoms with E-state index in [1.54, 1.807) is 6.92 Å². The number of nitrogens with one attached hydrogen (secondary N) is 1. The predicted molar refractivity (Wildman–Crippen MR) is 81.0 cm³/mol. The Morgan fingerprint density at radius 1 is 1.48 bits per heavy atom. The normalized spacial score (nSPS) is 11.6. The van der Waals surface area contributed by atoms with E-state index in [0.29, 0.717) is 5.76 Å². The number of sulfonamides is 1. The third-order valence-electron chi connectivity index (χ3n) is 2.77. The van der Waals surface area contributed by atoms with Crippen molar-refractivity contribution in [3.8, 4) is 0 Å². The van der Waals surface area contributed by atoms with Gasteiger partial charge in [0.1, 0.15) is 15.5 Å². The van der Waals surface area contributed by atoms with Crippen LogP contribution in [-0.4, -0.2) is 48.5 Å². The van der Waals surface area contributed by atoms with Crippen molar-refractivity contribution in [2.75, 3.05) is 18.9 Å². The summed E-state index contributed by atoms with van der Waals surface area (Å²) in [6.45, 7) is 1.15. The molecular formula is C12H13N3O6S2. The molecule has 1 amide bonds. The largest absolute Gasteiger partial charge is 0.477 e. The topological polar surface area (TPSA) is 130 Å². The van der Waals surface area contributed by atoms with Gasteiger partial charge in [-0.1, -0.05) is 5.16 Å². The van der Waals surface area contributed by atoms with Gasteiger partial charge in [-0.05, 0) is 18.4 Å². The van der Waals surface area contributed by atoms with Crippen molar-refractivity contribution in [1.82, 2.24) is 9.46 Å². The third-order valence-corrected chi connectivity index (χ3v) is 5.65. The molecule has 2 aromatic heterocycles. The second-order valence-corrected chi connectivity index (χ2v) is 7.48. The maximum absolute atomic E-state index is 12.4. The number of aromatic nitrogens is 1. The summed E-state index contributed by atoms with van der Waals surface area (Å²) in [7, 11) is -2.91. The van der Waals surface area contributed by atoms with Gasteiger partial charge in [0.25, 0.3) is 0 Å². The summed E-state index contributed by atoms with van der Waals surface area (Å²) in [5, 5.41) is 16.3. The maximum Gasteiger partial charge on any atom is 0.347 e. The van der Waals surface area contributed by atoms with Crippen molar-refractivity contribution in [3.63, 3.8) is 0 Å². The molecular weight excluding hydrogens is 346 g/mol. The number of hydrogen-bond donors (Lipinski definition) is 2. The second-order valence-electron chi connectivity index (χ2n) is 4.55. The first-order chi connectivity index (χ1) is 10.7. The van der Waals surface area contributed by atoms with E-state index in [2.05, 4.69) is 10.5 Å². The van der Waals surface area contributed by atoms with Crippen LogP contribution in [0.1, 0.15) is 15.4 Å². The van der Waals surface area contributed by atoms with E-state index in [4.69, 9.17) is 9.63 Å². The molecule has 0 saturated carbocycles. The SMILES string of the molecule is Cc1cc(NC(=O)CN(C)S(=O)(=O)c2ccsc2C(=O)O)no1. The molecule has 0 atom stereocenters. The summed E-state index contributed by atoms with van der Waals surface area (Å²) >= 11 is 0.798. The number of nitrogens with zero attached hydrogens (tertiary/aromatic N) is 2. The van der Waals surface area contributed by atoms with E-state index in [0.717, 1.165) is 15.6 Å². The van der Waals surface area contributed by atoms with Crippen molar-refractivity contribution in [3.05, 3.63) is 28.2 Å². The zero-order valence-corrected chi connectivity index (χ0v) is 13.8. The lowest BCUT2D eigenvalue weighted by Gasteiger charge is -2.16. The third kappa shape index (κ3) is 3.75. The smallest absolute Gasteiger partial charge is 0.347 e. The number of carboxylic acid groups (broad SMARTS) is 1. The van der Waals surface area contributed by atoms with Crippen LogP contribution in [0.15, 0.2) is 26.9 Å². The summed E-state index contributed by atoms with van der Waals surface area (Å²) in [6.07, 6.45) is 0. The fourth-order valence-electron chi connectivity index (χ4n) is 1.72.